The largest absolute Gasteiger partial charge is 0.0852 e. The van der Waals surface area contributed by atoms with E-state index in [1.807, 2.05) is 13.0 Å². The summed E-state index contributed by atoms with van der Waals surface area (Å²) in [4.78, 5) is 0.929. The fourth-order valence-corrected chi connectivity index (χ4v) is 1.05. The number of thiocarbonyl (C=S) groups is 1. The number of hydrogen-bond donors (Lipinski definition) is 0. The molecule has 0 N–H and O–H groups in total. The van der Waals surface area contributed by atoms with E-state index in [0.29, 0.717) is 0 Å². The molecule has 0 amide bonds. The van der Waals surface area contributed by atoms with Crippen LogP contribution < -0.4 is 0 Å². The molecular formula is C11H18S. The lowest BCUT2D eigenvalue weighted by molar-refractivity contribution is 0.516. The molecule has 0 spiro atoms. The molecule has 0 radical (unpaired) electrons. The molecule has 12 heavy (non-hydrogen) atoms. The average molecular weight is 182 g/mol. The van der Waals surface area contributed by atoms with Crippen LogP contribution in [0, 0.1) is 5.41 Å². The van der Waals surface area contributed by atoms with E-state index in [2.05, 4.69) is 39.8 Å². The minimum Gasteiger partial charge on any atom is -0.0852 e. The lowest BCUT2D eigenvalue weighted by atomic mass is 9.86. The van der Waals surface area contributed by atoms with Crippen LogP contribution in [0.2, 0.25) is 0 Å². The van der Waals surface area contributed by atoms with Gasteiger partial charge in [-0.3, -0.25) is 0 Å². The highest BCUT2D eigenvalue weighted by atomic mass is 32.1. The molecule has 0 heterocycles. The minimum absolute atomic E-state index is 0.218. The van der Waals surface area contributed by atoms with Gasteiger partial charge in [0.25, 0.3) is 0 Å². The quantitative estimate of drug-likeness (QED) is 0.354. The third-order valence-electron chi connectivity index (χ3n) is 1.67. The molecule has 0 aromatic carbocycles. The number of hydrogen-bond acceptors (Lipinski definition) is 1. The lowest BCUT2D eigenvalue weighted by Gasteiger charge is -2.19. The Hall–Kier alpha value is -0.430. The molecular weight excluding hydrogens is 164 g/mol. The molecule has 0 unspecified atom stereocenters. The first-order valence-electron chi connectivity index (χ1n) is 4.23. The van der Waals surface area contributed by atoms with E-state index in [-0.39, 0.29) is 5.41 Å². The van der Waals surface area contributed by atoms with Gasteiger partial charge in [0.05, 0.1) is 0 Å². The molecule has 0 aliphatic carbocycles. The zero-order valence-corrected chi connectivity index (χ0v) is 9.46. The van der Waals surface area contributed by atoms with Crippen LogP contribution in [-0.4, -0.2) is 4.86 Å². The van der Waals surface area contributed by atoms with E-state index >= 15 is 0 Å². The van der Waals surface area contributed by atoms with Crippen molar-refractivity contribution in [3.63, 3.8) is 0 Å². The first kappa shape index (κ1) is 11.6. The van der Waals surface area contributed by atoms with Crippen molar-refractivity contribution in [2.75, 3.05) is 0 Å². The topological polar surface area (TPSA) is 0 Å². The van der Waals surface area contributed by atoms with Gasteiger partial charge in [0.1, 0.15) is 0 Å². The van der Waals surface area contributed by atoms with Crippen molar-refractivity contribution in [2.45, 2.75) is 34.6 Å². The summed E-state index contributed by atoms with van der Waals surface area (Å²) < 4.78 is 0. The average Bonchev–Trinajstić information content (AvgIpc) is 1.85. The molecule has 0 aromatic heterocycles. The molecule has 0 aliphatic rings. The summed E-state index contributed by atoms with van der Waals surface area (Å²) in [5, 5.41) is 0. The summed E-state index contributed by atoms with van der Waals surface area (Å²) in [6.07, 6.45) is 6.22. The smallest absolute Gasteiger partial charge is 0.0121 e. The van der Waals surface area contributed by atoms with Crippen molar-refractivity contribution in [3.8, 4) is 0 Å². The molecule has 0 atom stereocenters. The predicted octanol–water partition coefficient (Wildman–Crippen LogP) is 3.92. The molecule has 1 heteroatoms. The molecule has 68 valence electrons. The summed E-state index contributed by atoms with van der Waals surface area (Å²) >= 11 is 4.97. The van der Waals surface area contributed by atoms with Gasteiger partial charge >= 0.3 is 0 Å². The minimum atomic E-state index is 0.218. The zero-order chi connectivity index (χ0) is 9.78. The van der Waals surface area contributed by atoms with Crippen molar-refractivity contribution >= 4 is 17.1 Å². The molecule has 0 bridgehead atoms. The van der Waals surface area contributed by atoms with Crippen LogP contribution in [0.25, 0.3) is 0 Å². The molecule has 0 rings (SSSR count). The maximum absolute atomic E-state index is 4.97. The highest BCUT2D eigenvalue weighted by Gasteiger charge is 2.12. The Kier molecular flexibility index (Phi) is 4.40. The van der Waals surface area contributed by atoms with Gasteiger partial charge in [-0.2, -0.15) is 0 Å². The van der Waals surface area contributed by atoms with Crippen LogP contribution in [0.3, 0.4) is 0 Å². The van der Waals surface area contributed by atoms with Gasteiger partial charge in [-0.25, -0.2) is 0 Å². The first-order valence-corrected chi connectivity index (χ1v) is 4.64. The van der Waals surface area contributed by atoms with Gasteiger partial charge in [-0.05, 0) is 30.9 Å². The second-order valence-corrected chi connectivity index (χ2v) is 4.58. The summed E-state index contributed by atoms with van der Waals surface area (Å²) in [5.74, 6) is 0. The Morgan fingerprint density at radius 1 is 1.17 bits per heavy atom. The van der Waals surface area contributed by atoms with Crippen molar-refractivity contribution in [3.05, 3.63) is 23.8 Å². The third-order valence-corrected chi connectivity index (χ3v) is 1.81. The van der Waals surface area contributed by atoms with Crippen LogP contribution in [0.4, 0.5) is 0 Å². The molecule has 0 fully saturated rings. The standard InChI is InChI=1S/C11H18S/c1-6-10(11(3,4)5)8-7-9(2)12/h6-8H,1-5H3/b8-7-,10-6?. The van der Waals surface area contributed by atoms with E-state index in [0.717, 1.165) is 4.86 Å². The second kappa shape index (κ2) is 4.56. The highest BCUT2D eigenvalue weighted by Crippen LogP contribution is 2.25. The molecule has 0 aromatic rings. The number of allylic oxidation sites excluding steroid dienone is 4. The number of rotatable bonds is 2. The summed E-state index contributed by atoms with van der Waals surface area (Å²) in [5.41, 5.74) is 1.54. The van der Waals surface area contributed by atoms with Gasteiger partial charge in [-0.15, -0.1) is 0 Å². The highest BCUT2D eigenvalue weighted by molar-refractivity contribution is 7.80. The fraction of sp³-hybridized carbons (Fsp3) is 0.545. The van der Waals surface area contributed by atoms with Gasteiger partial charge in [0.2, 0.25) is 0 Å². The lowest BCUT2D eigenvalue weighted by Crippen LogP contribution is -2.07. The van der Waals surface area contributed by atoms with Crippen molar-refractivity contribution < 1.29 is 0 Å². The normalized spacial score (nSPS) is 13.9. The maximum atomic E-state index is 4.97. The monoisotopic (exact) mass is 182 g/mol. The SMILES string of the molecule is CC=C(/C=C\C(C)=S)C(C)(C)C. The van der Waals surface area contributed by atoms with Crippen LogP contribution in [-0.2, 0) is 0 Å². The molecule has 0 aliphatic heterocycles. The van der Waals surface area contributed by atoms with Gasteiger partial charge < -0.3 is 0 Å². The fourth-order valence-electron chi connectivity index (χ4n) is 0.986. The molecule has 0 saturated heterocycles. The van der Waals surface area contributed by atoms with E-state index in [1.165, 1.54) is 5.57 Å². The molecule has 0 nitrogen and oxygen atoms in total. The van der Waals surface area contributed by atoms with E-state index in [1.54, 1.807) is 0 Å². The third kappa shape index (κ3) is 4.45. The Morgan fingerprint density at radius 2 is 1.67 bits per heavy atom. The Balaban J connectivity index is 4.53. The Morgan fingerprint density at radius 3 is 1.92 bits per heavy atom. The van der Waals surface area contributed by atoms with Crippen molar-refractivity contribution in [2.24, 2.45) is 5.41 Å². The summed E-state index contributed by atoms with van der Waals surface area (Å²) in [6.45, 7) is 10.6. The maximum Gasteiger partial charge on any atom is 0.0121 e. The zero-order valence-electron chi connectivity index (χ0n) is 8.64. The first-order chi connectivity index (χ1) is 5.38. The van der Waals surface area contributed by atoms with E-state index in [9.17, 15) is 0 Å². The van der Waals surface area contributed by atoms with E-state index in [4.69, 9.17) is 12.2 Å². The van der Waals surface area contributed by atoms with Crippen LogP contribution >= 0.6 is 12.2 Å². The van der Waals surface area contributed by atoms with Gasteiger partial charge in [0.15, 0.2) is 0 Å². The van der Waals surface area contributed by atoms with Gasteiger partial charge in [0, 0.05) is 4.86 Å². The van der Waals surface area contributed by atoms with Crippen LogP contribution in [0.15, 0.2) is 23.8 Å². The van der Waals surface area contributed by atoms with Gasteiger partial charge in [-0.1, -0.05) is 45.1 Å². The van der Waals surface area contributed by atoms with Crippen LogP contribution in [0.5, 0.6) is 0 Å². The molecule has 0 saturated carbocycles. The second-order valence-electron chi connectivity index (χ2n) is 3.94. The Labute approximate surface area is 81.4 Å². The van der Waals surface area contributed by atoms with E-state index < -0.39 is 0 Å². The van der Waals surface area contributed by atoms with Crippen molar-refractivity contribution in [1.29, 1.82) is 0 Å². The van der Waals surface area contributed by atoms with Crippen LogP contribution in [0.1, 0.15) is 34.6 Å². The Bertz CT molecular complexity index is 214. The summed E-state index contributed by atoms with van der Waals surface area (Å²) in [6, 6.07) is 0. The predicted molar refractivity (Wildman–Crippen MR) is 60.6 cm³/mol. The van der Waals surface area contributed by atoms with Crippen molar-refractivity contribution in [1.82, 2.24) is 0 Å². The summed E-state index contributed by atoms with van der Waals surface area (Å²) in [7, 11) is 0.